The average Bonchev–Trinajstić information content (AvgIpc) is 3.10. The Morgan fingerprint density at radius 3 is 2.90 bits per heavy atom. The minimum Gasteiger partial charge on any atom is -0.371 e. The Labute approximate surface area is 130 Å². The monoisotopic (exact) mass is 304 g/mol. The number of H-pyrrole nitrogens is 1. The van der Waals surface area contributed by atoms with Crippen LogP contribution in [0.25, 0.3) is 0 Å². The summed E-state index contributed by atoms with van der Waals surface area (Å²) in [7, 11) is 0. The molecule has 2 heterocycles. The van der Waals surface area contributed by atoms with E-state index in [4.69, 9.17) is 11.6 Å². The molecule has 0 aliphatic carbocycles. The molecule has 1 atom stereocenters. The highest BCUT2D eigenvalue weighted by atomic mass is 35.5. The lowest BCUT2D eigenvalue weighted by atomic mass is 10.1. The second kappa shape index (κ2) is 6.50. The van der Waals surface area contributed by atoms with Gasteiger partial charge < -0.3 is 10.2 Å². The van der Waals surface area contributed by atoms with Gasteiger partial charge in [0.05, 0.1) is 6.20 Å². The summed E-state index contributed by atoms with van der Waals surface area (Å²) in [5, 5.41) is 11.4. The second-order valence-corrected chi connectivity index (χ2v) is 6.16. The van der Waals surface area contributed by atoms with Crippen molar-refractivity contribution in [3.8, 4) is 0 Å². The van der Waals surface area contributed by atoms with Gasteiger partial charge in [0.2, 0.25) is 0 Å². The van der Waals surface area contributed by atoms with Crippen LogP contribution in [0.4, 0.5) is 5.69 Å². The van der Waals surface area contributed by atoms with Crippen LogP contribution >= 0.6 is 11.6 Å². The van der Waals surface area contributed by atoms with Gasteiger partial charge in [-0.25, -0.2) is 0 Å². The molecular weight excluding hydrogens is 284 g/mol. The molecule has 0 spiro atoms. The highest BCUT2D eigenvalue weighted by molar-refractivity contribution is 6.30. The van der Waals surface area contributed by atoms with Crippen LogP contribution in [-0.4, -0.2) is 29.8 Å². The number of benzene rings is 1. The third kappa shape index (κ3) is 3.57. The summed E-state index contributed by atoms with van der Waals surface area (Å²) in [5.41, 5.74) is 3.67. The van der Waals surface area contributed by atoms with Gasteiger partial charge in [-0.3, -0.25) is 5.10 Å². The molecule has 2 N–H and O–H groups in total. The van der Waals surface area contributed by atoms with Gasteiger partial charge in [-0.2, -0.15) is 5.10 Å². The van der Waals surface area contributed by atoms with E-state index in [0.717, 1.165) is 36.9 Å². The molecule has 21 heavy (non-hydrogen) atoms. The van der Waals surface area contributed by atoms with Crippen molar-refractivity contribution in [2.75, 3.05) is 24.5 Å². The number of nitrogens with one attached hydrogen (secondary N) is 2. The Kier molecular flexibility index (Phi) is 4.46. The Bertz CT molecular complexity index is 578. The first kappa shape index (κ1) is 14.4. The summed E-state index contributed by atoms with van der Waals surface area (Å²) in [6, 6.07) is 8.13. The molecule has 1 saturated heterocycles. The van der Waals surface area contributed by atoms with E-state index in [1.165, 1.54) is 17.7 Å². The van der Waals surface area contributed by atoms with E-state index >= 15 is 0 Å². The zero-order chi connectivity index (χ0) is 14.7. The zero-order valence-electron chi connectivity index (χ0n) is 12.3. The number of anilines is 1. The van der Waals surface area contributed by atoms with Crippen molar-refractivity contribution < 1.29 is 0 Å². The van der Waals surface area contributed by atoms with Crippen molar-refractivity contribution in [3.63, 3.8) is 0 Å². The predicted octanol–water partition coefficient (Wildman–Crippen LogP) is 2.99. The first-order valence-corrected chi connectivity index (χ1v) is 7.80. The van der Waals surface area contributed by atoms with Gasteiger partial charge in [-0.1, -0.05) is 11.6 Å². The molecule has 0 radical (unpaired) electrons. The van der Waals surface area contributed by atoms with E-state index in [9.17, 15) is 0 Å². The van der Waals surface area contributed by atoms with Crippen molar-refractivity contribution in [1.29, 1.82) is 0 Å². The van der Waals surface area contributed by atoms with Crippen molar-refractivity contribution in [2.24, 2.45) is 5.92 Å². The summed E-state index contributed by atoms with van der Waals surface area (Å²) >= 11 is 5.94. The fourth-order valence-electron chi connectivity index (χ4n) is 2.85. The van der Waals surface area contributed by atoms with E-state index < -0.39 is 0 Å². The van der Waals surface area contributed by atoms with Gasteiger partial charge in [0.15, 0.2) is 0 Å². The van der Waals surface area contributed by atoms with Crippen LogP contribution in [0.1, 0.15) is 17.7 Å². The quantitative estimate of drug-likeness (QED) is 0.892. The first-order valence-electron chi connectivity index (χ1n) is 7.42. The Hall–Kier alpha value is -1.52. The van der Waals surface area contributed by atoms with Crippen LogP contribution in [0.3, 0.4) is 0 Å². The molecule has 0 amide bonds. The van der Waals surface area contributed by atoms with Gasteiger partial charge in [0.1, 0.15) is 0 Å². The van der Waals surface area contributed by atoms with Crippen LogP contribution in [0.15, 0.2) is 30.5 Å². The first-order chi connectivity index (χ1) is 10.2. The molecule has 2 aromatic rings. The summed E-state index contributed by atoms with van der Waals surface area (Å²) in [4.78, 5) is 2.44. The highest BCUT2D eigenvalue weighted by Gasteiger charge is 2.22. The largest absolute Gasteiger partial charge is 0.371 e. The standard InChI is InChI=1S/C16H21ClN4/c1-12-14(10-19-20-12)9-18-8-13-6-7-21(11-13)16-4-2-15(17)3-5-16/h2-5,10,13,18H,6-9,11H2,1H3,(H,19,20)/t13-/m0/s1. The molecule has 4 nitrogen and oxygen atoms in total. The lowest BCUT2D eigenvalue weighted by molar-refractivity contribution is 0.516. The second-order valence-electron chi connectivity index (χ2n) is 5.73. The molecule has 0 saturated carbocycles. The average molecular weight is 305 g/mol. The van der Waals surface area contributed by atoms with E-state index in [1.54, 1.807) is 0 Å². The molecule has 0 bridgehead atoms. The summed E-state index contributed by atoms with van der Waals surface area (Å²) < 4.78 is 0. The number of aryl methyl sites for hydroxylation is 1. The Balaban J connectivity index is 1.46. The fourth-order valence-corrected chi connectivity index (χ4v) is 2.98. The number of hydrogen-bond donors (Lipinski definition) is 2. The molecular formula is C16H21ClN4. The van der Waals surface area contributed by atoms with Crippen LogP contribution < -0.4 is 10.2 Å². The van der Waals surface area contributed by atoms with Gasteiger partial charge >= 0.3 is 0 Å². The zero-order valence-corrected chi connectivity index (χ0v) is 13.0. The van der Waals surface area contributed by atoms with Crippen molar-refractivity contribution in [2.45, 2.75) is 19.9 Å². The number of aromatic nitrogens is 2. The molecule has 112 valence electrons. The Morgan fingerprint density at radius 2 is 2.19 bits per heavy atom. The minimum absolute atomic E-state index is 0.702. The van der Waals surface area contributed by atoms with Crippen molar-refractivity contribution in [3.05, 3.63) is 46.7 Å². The summed E-state index contributed by atoms with van der Waals surface area (Å²) in [6.07, 6.45) is 3.14. The summed E-state index contributed by atoms with van der Waals surface area (Å²) in [5.74, 6) is 0.702. The van der Waals surface area contributed by atoms with Gasteiger partial charge in [-0.15, -0.1) is 0 Å². The van der Waals surface area contributed by atoms with Crippen LogP contribution in [0.2, 0.25) is 5.02 Å². The lowest BCUT2D eigenvalue weighted by Crippen LogP contribution is -2.26. The van der Waals surface area contributed by atoms with Gasteiger partial charge in [0, 0.05) is 48.1 Å². The van der Waals surface area contributed by atoms with E-state index in [0.29, 0.717) is 5.92 Å². The van der Waals surface area contributed by atoms with E-state index in [2.05, 4.69) is 39.5 Å². The molecule has 1 aliphatic rings. The molecule has 3 rings (SSSR count). The number of nitrogens with zero attached hydrogens (tertiary/aromatic N) is 2. The third-order valence-corrected chi connectivity index (χ3v) is 4.41. The molecule has 0 unspecified atom stereocenters. The topological polar surface area (TPSA) is 44.0 Å². The van der Waals surface area contributed by atoms with Crippen LogP contribution in [0.5, 0.6) is 0 Å². The molecule has 1 fully saturated rings. The molecule has 5 heteroatoms. The Morgan fingerprint density at radius 1 is 1.38 bits per heavy atom. The van der Waals surface area contributed by atoms with Crippen molar-refractivity contribution >= 4 is 17.3 Å². The maximum atomic E-state index is 5.94. The van der Waals surface area contributed by atoms with Crippen LogP contribution in [-0.2, 0) is 6.54 Å². The fraction of sp³-hybridized carbons (Fsp3) is 0.438. The van der Waals surface area contributed by atoms with Gasteiger partial charge in [-0.05, 0) is 43.5 Å². The van der Waals surface area contributed by atoms with E-state index in [1.807, 2.05) is 18.3 Å². The number of hydrogen-bond acceptors (Lipinski definition) is 3. The summed E-state index contributed by atoms with van der Waals surface area (Å²) in [6.45, 7) is 6.23. The molecule has 1 aliphatic heterocycles. The van der Waals surface area contributed by atoms with E-state index in [-0.39, 0.29) is 0 Å². The number of aromatic amines is 1. The minimum atomic E-state index is 0.702. The highest BCUT2D eigenvalue weighted by Crippen LogP contribution is 2.24. The maximum absolute atomic E-state index is 5.94. The smallest absolute Gasteiger partial charge is 0.0535 e. The van der Waals surface area contributed by atoms with Gasteiger partial charge in [0.25, 0.3) is 0 Å². The predicted molar refractivity (Wildman–Crippen MR) is 86.8 cm³/mol. The SMILES string of the molecule is Cc1[nH]ncc1CNC[C@@H]1CCN(c2ccc(Cl)cc2)C1. The van der Waals surface area contributed by atoms with Crippen molar-refractivity contribution in [1.82, 2.24) is 15.5 Å². The van der Waals surface area contributed by atoms with Crippen LogP contribution in [0, 0.1) is 12.8 Å². The molecule has 1 aromatic carbocycles. The maximum Gasteiger partial charge on any atom is 0.0535 e. The third-order valence-electron chi connectivity index (χ3n) is 4.16. The number of halogens is 1. The lowest BCUT2D eigenvalue weighted by Gasteiger charge is -2.19. The molecule has 1 aromatic heterocycles. The number of rotatable bonds is 5. The normalized spacial score (nSPS) is 18.4.